The first-order valence-electron chi connectivity index (χ1n) is 7.33. The van der Waals surface area contributed by atoms with Crippen LogP contribution >= 0.6 is 11.6 Å². The van der Waals surface area contributed by atoms with Gasteiger partial charge in [-0.3, -0.25) is 4.79 Å². The van der Waals surface area contributed by atoms with Gasteiger partial charge in [0.1, 0.15) is 5.75 Å². The highest BCUT2D eigenvalue weighted by molar-refractivity contribution is 7.88. The van der Waals surface area contributed by atoms with Gasteiger partial charge in [-0.25, -0.2) is 8.42 Å². The summed E-state index contributed by atoms with van der Waals surface area (Å²) < 4.78 is 30.1. The fourth-order valence-corrected chi connectivity index (χ4v) is 3.66. The van der Waals surface area contributed by atoms with Gasteiger partial charge >= 0.3 is 0 Å². The third-order valence-corrected chi connectivity index (χ3v) is 5.43. The number of carbonyl (C=O) groups is 1. The fourth-order valence-electron chi connectivity index (χ4n) is 2.34. The van der Waals surface area contributed by atoms with Gasteiger partial charge in [0.15, 0.2) is 0 Å². The minimum Gasteiger partial charge on any atom is -0.495 e. The molecule has 0 unspecified atom stereocenters. The Balaban J connectivity index is 2.01. The van der Waals surface area contributed by atoms with Crippen molar-refractivity contribution in [2.75, 3.05) is 25.2 Å². The molecule has 1 saturated carbocycles. The molecule has 0 spiro atoms. The molecule has 23 heavy (non-hydrogen) atoms. The Bertz CT molecular complexity index is 702. The molecule has 128 valence electrons. The van der Waals surface area contributed by atoms with E-state index in [-0.39, 0.29) is 24.9 Å². The Kier molecular flexibility index (Phi) is 5.54. The van der Waals surface area contributed by atoms with Crippen LogP contribution in [0.1, 0.15) is 24.8 Å². The van der Waals surface area contributed by atoms with Crippen molar-refractivity contribution in [2.45, 2.75) is 32.2 Å². The Hall–Kier alpha value is -1.31. The molecule has 1 aliphatic carbocycles. The van der Waals surface area contributed by atoms with Crippen molar-refractivity contribution in [3.8, 4) is 5.75 Å². The van der Waals surface area contributed by atoms with Crippen molar-refractivity contribution in [1.82, 2.24) is 4.31 Å². The lowest BCUT2D eigenvalue weighted by Gasteiger charge is -2.19. The number of sulfonamides is 1. The van der Waals surface area contributed by atoms with E-state index in [4.69, 9.17) is 16.3 Å². The summed E-state index contributed by atoms with van der Waals surface area (Å²) >= 11 is 6.03. The van der Waals surface area contributed by atoms with Crippen LogP contribution in [0.5, 0.6) is 5.75 Å². The average molecular weight is 361 g/mol. The number of aryl methyl sites for hydroxylation is 1. The Morgan fingerprint density at radius 1 is 1.43 bits per heavy atom. The van der Waals surface area contributed by atoms with Gasteiger partial charge in [-0.1, -0.05) is 11.6 Å². The monoisotopic (exact) mass is 360 g/mol. The van der Waals surface area contributed by atoms with E-state index in [1.807, 2.05) is 6.92 Å². The number of ether oxygens (including phenoxy) is 1. The van der Waals surface area contributed by atoms with Crippen LogP contribution in [0, 0.1) is 6.92 Å². The van der Waals surface area contributed by atoms with Gasteiger partial charge in [0.25, 0.3) is 0 Å². The van der Waals surface area contributed by atoms with Crippen molar-refractivity contribution in [1.29, 1.82) is 0 Å². The van der Waals surface area contributed by atoms with Crippen molar-refractivity contribution in [2.24, 2.45) is 0 Å². The summed E-state index contributed by atoms with van der Waals surface area (Å²) in [6.45, 7) is 2.01. The van der Waals surface area contributed by atoms with E-state index in [0.29, 0.717) is 16.5 Å². The maximum Gasteiger partial charge on any atom is 0.225 e. The normalized spacial score (nSPS) is 14.8. The molecule has 1 N–H and O–H groups in total. The summed E-state index contributed by atoms with van der Waals surface area (Å²) in [6, 6.07) is 3.42. The van der Waals surface area contributed by atoms with E-state index in [1.165, 1.54) is 17.7 Å². The summed E-state index contributed by atoms with van der Waals surface area (Å²) in [6.07, 6.45) is 2.99. The number of hydrogen-bond acceptors (Lipinski definition) is 4. The minimum absolute atomic E-state index is 0.0464. The highest BCUT2D eigenvalue weighted by Crippen LogP contribution is 2.31. The number of methoxy groups -OCH3 is 1. The van der Waals surface area contributed by atoms with Crippen molar-refractivity contribution >= 4 is 33.2 Å². The van der Waals surface area contributed by atoms with Crippen LogP contribution in [0.25, 0.3) is 0 Å². The lowest BCUT2D eigenvalue weighted by molar-refractivity contribution is -0.116. The van der Waals surface area contributed by atoms with E-state index in [0.717, 1.165) is 18.4 Å². The van der Waals surface area contributed by atoms with E-state index in [1.54, 1.807) is 12.1 Å². The molecule has 0 aromatic heterocycles. The minimum atomic E-state index is -3.28. The zero-order valence-electron chi connectivity index (χ0n) is 13.4. The molecular weight excluding hydrogens is 340 g/mol. The number of nitrogens with zero attached hydrogens (tertiary/aromatic N) is 1. The third-order valence-electron chi connectivity index (χ3n) is 3.69. The predicted octanol–water partition coefficient (Wildman–Crippen LogP) is 2.41. The van der Waals surface area contributed by atoms with E-state index in [9.17, 15) is 13.2 Å². The van der Waals surface area contributed by atoms with Gasteiger partial charge < -0.3 is 10.1 Å². The van der Waals surface area contributed by atoms with Gasteiger partial charge in [-0.2, -0.15) is 4.31 Å². The Labute approximate surface area is 141 Å². The smallest absolute Gasteiger partial charge is 0.225 e. The zero-order chi connectivity index (χ0) is 17.2. The summed E-state index contributed by atoms with van der Waals surface area (Å²) in [5, 5.41) is 3.30. The van der Waals surface area contributed by atoms with Crippen LogP contribution < -0.4 is 10.1 Å². The highest BCUT2D eigenvalue weighted by atomic mass is 35.5. The standard InChI is InChI=1S/C15H21ClN2O4S/c1-10-8-13(14(22-2)9-12(10)16)17-15(19)6-7-18(11-4-5-11)23(3,20)21/h8-9,11H,4-7H2,1-3H3,(H,17,19). The number of rotatable bonds is 7. The first kappa shape index (κ1) is 18.0. The van der Waals surface area contributed by atoms with E-state index < -0.39 is 10.0 Å². The quantitative estimate of drug-likeness (QED) is 0.810. The SMILES string of the molecule is COc1cc(Cl)c(C)cc1NC(=O)CCN(C1CC1)S(C)(=O)=O. The summed E-state index contributed by atoms with van der Waals surface area (Å²) in [5.41, 5.74) is 1.34. The van der Waals surface area contributed by atoms with Gasteiger partial charge in [0.2, 0.25) is 15.9 Å². The molecule has 0 atom stereocenters. The molecule has 0 radical (unpaired) electrons. The van der Waals surface area contributed by atoms with Gasteiger partial charge in [-0.05, 0) is 31.4 Å². The number of amides is 1. The second-order valence-electron chi connectivity index (χ2n) is 5.70. The maximum atomic E-state index is 12.1. The fraction of sp³-hybridized carbons (Fsp3) is 0.533. The number of nitrogens with one attached hydrogen (secondary N) is 1. The molecular formula is C15H21ClN2O4S. The predicted molar refractivity (Wildman–Crippen MR) is 90.6 cm³/mol. The van der Waals surface area contributed by atoms with Crippen molar-refractivity contribution in [3.63, 3.8) is 0 Å². The van der Waals surface area contributed by atoms with Crippen LogP contribution in [0.2, 0.25) is 5.02 Å². The molecule has 1 aliphatic rings. The molecule has 0 aliphatic heterocycles. The maximum absolute atomic E-state index is 12.1. The molecule has 8 heteroatoms. The Morgan fingerprint density at radius 3 is 2.61 bits per heavy atom. The van der Waals surface area contributed by atoms with E-state index >= 15 is 0 Å². The zero-order valence-corrected chi connectivity index (χ0v) is 15.0. The van der Waals surface area contributed by atoms with Gasteiger partial charge in [-0.15, -0.1) is 0 Å². The van der Waals surface area contributed by atoms with Crippen LogP contribution in [-0.4, -0.2) is 44.6 Å². The number of carbonyl (C=O) groups excluding carboxylic acids is 1. The molecule has 0 saturated heterocycles. The molecule has 2 rings (SSSR count). The second kappa shape index (κ2) is 7.07. The first-order valence-corrected chi connectivity index (χ1v) is 9.56. The summed E-state index contributed by atoms with van der Waals surface area (Å²) in [5.74, 6) is 0.204. The molecule has 1 amide bonds. The topological polar surface area (TPSA) is 75.7 Å². The Morgan fingerprint density at radius 2 is 2.09 bits per heavy atom. The molecule has 0 bridgehead atoms. The second-order valence-corrected chi connectivity index (χ2v) is 8.05. The number of halogens is 1. The van der Waals surface area contributed by atoms with Crippen molar-refractivity contribution < 1.29 is 17.9 Å². The highest BCUT2D eigenvalue weighted by Gasteiger charge is 2.34. The molecule has 1 fully saturated rings. The lowest BCUT2D eigenvalue weighted by atomic mass is 10.2. The van der Waals surface area contributed by atoms with Gasteiger partial charge in [0, 0.05) is 30.1 Å². The molecule has 1 aromatic rings. The summed E-state index contributed by atoms with van der Waals surface area (Å²) in [4.78, 5) is 12.1. The van der Waals surface area contributed by atoms with E-state index in [2.05, 4.69) is 5.32 Å². The first-order chi connectivity index (χ1) is 10.7. The van der Waals surface area contributed by atoms with Gasteiger partial charge in [0.05, 0.1) is 19.1 Å². The third kappa shape index (κ3) is 4.83. The average Bonchev–Trinajstić information content (AvgIpc) is 3.26. The summed E-state index contributed by atoms with van der Waals surface area (Å²) in [7, 11) is -1.79. The number of anilines is 1. The molecule has 6 nitrogen and oxygen atoms in total. The van der Waals surface area contributed by atoms with Crippen molar-refractivity contribution in [3.05, 3.63) is 22.7 Å². The van der Waals surface area contributed by atoms with Crippen LogP contribution in [0.3, 0.4) is 0 Å². The molecule has 1 aromatic carbocycles. The molecule has 0 heterocycles. The number of benzene rings is 1. The van der Waals surface area contributed by atoms with Crippen LogP contribution in [0.15, 0.2) is 12.1 Å². The largest absolute Gasteiger partial charge is 0.495 e. The number of hydrogen-bond donors (Lipinski definition) is 1. The lowest BCUT2D eigenvalue weighted by Crippen LogP contribution is -2.34. The van der Waals surface area contributed by atoms with Crippen LogP contribution in [-0.2, 0) is 14.8 Å². The van der Waals surface area contributed by atoms with Crippen LogP contribution in [0.4, 0.5) is 5.69 Å².